The van der Waals surface area contributed by atoms with E-state index in [0.29, 0.717) is 23.0 Å². The van der Waals surface area contributed by atoms with E-state index in [4.69, 9.17) is 9.47 Å². The minimum Gasteiger partial charge on any atom is -0.497 e. The number of imidazole rings is 1. The summed E-state index contributed by atoms with van der Waals surface area (Å²) in [6.45, 7) is 0. The molecule has 7 heteroatoms. The summed E-state index contributed by atoms with van der Waals surface area (Å²) in [6.07, 6.45) is 3.53. The monoisotopic (exact) mass is 366 g/mol. The molecule has 7 nitrogen and oxygen atoms in total. The molecule has 2 aromatic carbocycles. The normalized spacial score (nSPS) is 11.5. The molecule has 3 rings (SSSR count). The minimum absolute atomic E-state index is 0.365. The van der Waals surface area contributed by atoms with Crippen molar-refractivity contribution in [2.24, 2.45) is 7.05 Å². The van der Waals surface area contributed by atoms with E-state index in [0.717, 1.165) is 5.56 Å². The number of aromatic nitrogens is 2. The molecule has 0 unspecified atom stereocenters. The van der Waals surface area contributed by atoms with Gasteiger partial charge in [-0.05, 0) is 29.8 Å². The molecule has 140 valence electrons. The Labute approximate surface area is 157 Å². The third-order valence-electron chi connectivity index (χ3n) is 4.17. The van der Waals surface area contributed by atoms with Gasteiger partial charge in [-0.15, -0.1) is 0 Å². The molecule has 0 bridgehead atoms. The largest absolute Gasteiger partial charge is 0.497 e. The van der Waals surface area contributed by atoms with Crippen LogP contribution in [0.15, 0.2) is 60.9 Å². The van der Waals surface area contributed by atoms with E-state index in [1.807, 2.05) is 54.2 Å². The number of anilines is 1. The summed E-state index contributed by atoms with van der Waals surface area (Å²) < 4.78 is 12.5. The molecule has 0 aliphatic carbocycles. The number of carbonyl (C=O) groups is 1. The maximum Gasteiger partial charge on any atom is 0.320 e. The number of rotatable bonds is 6. The maximum absolute atomic E-state index is 12.7. The van der Waals surface area contributed by atoms with E-state index in [1.165, 1.54) is 0 Å². The number of para-hydroxylation sites is 2. The van der Waals surface area contributed by atoms with Crippen molar-refractivity contribution in [1.29, 1.82) is 0 Å². The molecule has 0 spiro atoms. The van der Waals surface area contributed by atoms with Gasteiger partial charge in [-0.1, -0.05) is 24.3 Å². The summed E-state index contributed by atoms with van der Waals surface area (Å²) in [7, 11) is 5.05. The van der Waals surface area contributed by atoms with Gasteiger partial charge in [-0.2, -0.15) is 0 Å². The molecule has 0 aliphatic rings. The highest BCUT2D eigenvalue weighted by molar-refractivity contribution is 5.91. The summed E-state index contributed by atoms with van der Waals surface area (Å²) >= 11 is 0. The van der Waals surface area contributed by atoms with Gasteiger partial charge in [-0.25, -0.2) is 9.78 Å². The Balaban J connectivity index is 1.87. The molecule has 27 heavy (non-hydrogen) atoms. The number of hydrogen-bond donors (Lipinski definition) is 2. The van der Waals surface area contributed by atoms with E-state index >= 15 is 0 Å². The van der Waals surface area contributed by atoms with Crippen molar-refractivity contribution in [3.8, 4) is 11.5 Å². The first-order valence-corrected chi connectivity index (χ1v) is 8.44. The molecule has 2 N–H and O–H groups in total. The van der Waals surface area contributed by atoms with E-state index in [9.17, 15) is 4.79 Å². The van der Waals surface area contributed by atoms with E-state index < -0.39 is 6.04 Å². The average Bonchev–Trinajstić information content (AvgIpc) is 3.12. The maximum atomic E-state index is 12.7. The molecule has 0 saturated heterocycles. The van der Waals surface area contributed by atoms with Crippen LogP contribution in [0, 0.1) is 0 Å². The van der Waals surface area contributed by atoms with Crippen molar-refractivity contribution in [2.45, 2.75) is 6.04 Å². The van der Waals surface area contributed by atoms with Crippen molar-refractivity contribution in [3.63, 3.8) is 0 Å². The first kappa shape index (κ1) is 18.3. The van der Waals surface area contributed by atoms with Crippen molar-refractivity contribution >= 4 is 11.7 Å². The van der Waals surface area contributed by atoms with Gasteiger partial charge in [0.25, 0.3) is 0 Å². The van der Waals surface area contributed by atoms with Crippen LogP contribution in [-0.2, 0) is 7.05 Å². The number of methoxy groups -OCH3 is 2. The van der Waals surface area contributed by atoms with Crippen molar-refractivity contribution < 1.29 is 14.3 Å². The van der Waals surface area contributed by atoms with E-state index in [1.54, 1.807) is 32.5 Å². The van der Waals surface area contributed by atoms with E-state index in [-0.39, 0.29) is 6.03 Å². The zero-order chi connectivity index (χ0) is 19.2. The van der Waals surface area contributed by atoms with Gasteiger partial charge in [0.15, 0.2) is 0 Å². The number of hydrogen-bond acceptors (Lipinski definition) is 4. The lowest BCUT2D eigenvalue weighted by Crippen LogP contribution is -2.34. The summed E-state index contributed by atoms with van der Waals surface area (Å²) in [6, 6.07) is 14.0. The lowest BCUT2D eigenvalue weighted by molar-refractivity contribution is 0.249. The van der Waals surface area contributed by atoms with Crippen molar-refractivity contribution in [1.82, 2.24) is 14.9 Å². The summed E-state index contributed by atoms with van der Waals surface area (Å²) in [4.78, 5) is 17.1. The number of urea groups is 1. The molecule has 1 atom stereocenters. The van der Waals surface area contributed by atoms with Crippen LogP contribution >= 0.6 is 0 Å². The highest BCUT2D eigenvalue weighted by atomic mass is 16.5. The number of amides is 2. The fourth-order valence-electron chi connectivity index (χ4n) is 2.81. The predicted molar refractivity (Wildman–Crippen MR) is 103 cm³/mol. The molecule has 0 fully saturated rings. The quantitative estimate of drug-likeness (QED) is 0.701. The first-order chi connectivity index (χ1) is 13.1. The number of nitrogens with one attached hydrogen (secondary N) is 2. The van der Waals surface area contributed by atoms with Gasteiger partial charge in [-0.3, -0.25) is 0 Å². The highest BCUT2D eigenvalue weighted by Crippen LogP contribution is 2.26. The highest BCUT2D eigenvalue weighted by Gasteiger charge is 2.21. The Kier molecular flexibility index (Phi) is 5.61. The molecular weight excluding hydrogens is 344 g/mol. The van der Waals surface area contributed by atoms with Gasteiger partial charge < -0.3 is 24.7 Å². The van der Waals surface area contributed by atoms with Crippen LogP contribution in [0.1, 0.15) is 17.4 Å². The smallest absolute Gasteiger partial charge is 0.320 e. The van der Waals surface area contributed by atoms with Crippen molar-refractivity contribution in [3.05, 3.63) is 72.3 Å². The molecule has 1 aromatic heterocycles. The Morgan fingerprint density at radius 3 is 2.63 bits per heavy atom. The molecule has 0 saturated carbocycles. The first-order valence-electron chi connectivity index (χ1n) is 8.44. The van der Waals surface area contributed by atoms with Crippen LogP contribution in [0.3, 0.4) is 0 Å². The number of benzene rings is 2. The predicted octanol–water partition coefficient (Wildman–Crippen LogP) is 3.35. The Bertz CT molecular complexity index is 923. The molecule has 3 aromatic rings. The Hall–Kier alpha value is -3.48. The van der Waals surface area contributed by atoms with Crippen LogP contribution in [0.5, 0.6) is 11.5 Å². The number of carbonyl (C=O) groups excluding carboxylic acids is 1. The van der Waals surface area contributed by atoms with Crippen LogP contribution in [0.4, 0.5) is 10.5 Å². The van der Waals surface area contributed by atoms with Gasteiger partial charge >= 0.3 is 6.03 Å². The van der Waals surface area contributed by atoms with Crippen LogP contribution < -0.4 is 20.1 Å². The van der Waals surface area contributed by atoms with Gasteiger partial charge in [0, 0.05) is 19.4 Å². The van der Waals surface area contributed by atoms with Crippen LogP contribution in [0.25, 0.3) is 0 Å². The van der Waals surface area contributed by atoms with Crippen molar-refractivity contribution in [2.75, 3.05) is 19.5 Å². The topological polar surface area (TPSA) is 77.4 Å². The molecular formula is C20H22N4O3. The third-order valence-corrected chi connectivity index (χ3v) is 4.17. The van der Waals surface area contributed by atoms with Gasteiger partial charge in [0.2, 0.25) is 0 Å². The second-order valence-corrected chi connectivity index (χ2v) is 5.90. The fourth-order valence-corrected chi connectivity index (χ4v) is 2.81. The molecule has 2 amide bonds. The lowest BCUT2D eigenvalue weighted by Gasteiger charge is -2.20. The standard InChI is InChI=1S/C20H22N4O3/c1-24-12-11-21-19(24)18(14-7-6-8-15(13-14)26-2)23-20(25)22-16-9-4-5-10-17(16)27-3/h4-13,18H,1-3H3,(H2,22,23,25)/t18-/m0/s1. The van der Waals surface area contributed by atoms with Gasteiger partial charge in [0.1, 0.15) is 23.4 Å². The van der Waals surface area contributed by atoms with Gasteiger partial charge in [0.05, 0.1) is 19.9 Å². The van der Waals surface area contributed by atoms with E-state index in [2.05, 4.69) is 15.6 Å². The summed E-state index contributed by atoms with van der Waals surface area (Å²) in [5.74, 6) is 2.00. The SMILES string of the molecule is COc1cccc([C@H](NC(=O)Nc2ccccc2OC)c2nccn2C)c1. The fraction of sp³-hybridized carbons (Fsp3) is 0.200. The number of aryl methyl sites for hydroxylation is 1. The Morgan fingerprint density at radius 1 is 1.11 bits per heavy atom. The molecule has 0 radical (unpaired) electrons. The van der Waals surface area contributed by atoms with Crippen LogP contribution in [-0.4, -0.2) is 29.8 Å². The number of nitrogens with zero attached hydrogens (tertiary/aromatic N) is 2. The third kappa shape index (κ3) is 4.20. The summed E-state index contributed by atoms with van der Waals surface area (Å²) in [5, 5.41) is 5.81. The Morgan fingerprint density at radius 2 is 1.93 bits per heavy atom. The molecule has 1 heterocycles. The minimum atomic E-state index is -0.449. The second-order valence-electron chi connectivity index (χ2n) is 5.90. The number of ether oxygens (including phenoxy) is 2. The molecule has 0 aliphatic heterocycles. The second kappa shape index (κ2) is 8.27. The zero-order valence-electron chi connectivity index (χ0n) is 15.5. The van der Waals surface area contributed by atoms with Crippen LogP contribution in [0.2, 0.25) is 0 Å². The zero-order valence-corrected chi connectivity index (χ0v) is 15.5. The average molecular weight is 366 g/mol. The summed E-state index contributed by atoms with van der Waals surface area (Å²) in [5.41, 5.74) is 1.44. The lowest BCUT2D eigenvalue weighted by atomic mass is 10.1.